The Morgan fingerprint density at radius 1 is 1.35 bits per heavy atom. The molecular formula is C15H16N6O2. The van der Waals surface area contributed by atoms with Crippen LogP contribution in [0.25, 0.3) is 0 Å². The number of aryl methyl sites for hydroxylation is 1. The van der Waals surface area contributed by atoms with Gasteiger partial charge in [0.2, 0.25) is 11.8 Å². The number of rotatable bonds is 3. The topological polar surface area (TPSA) is 93.0 Å². The van der Waals surface area contributed by atoms with E-state index in [9.17, 15) is 9.59 Å². The second-order valence-corrected chi connectivity index (χ2v) is 5.97. The van der Waals surface area contributed by atoms with Gasteiger partial charge in [0.25, 0.3) is 0 Å². The lowest BCUT2D eigenvalue weighted by atomic mass is 9.81. The zero-order valence-electron chi connectivity index (χ0n) is 12.5. The van der Waals surface area contributed by atoms with Crippen molar-refractivity contribution in [2.75, 3.05) is 18.4 Å². The monoisotopic (exact) mass is 312 g/mol. The van der Waals surface area contributed by atoms with E-state index < -0.39 is 5.41 Å². The molecule has 3 heterocycles. The van der Waals surface area contributed by atoms with Crippen molar-refractivity contribution in [2.24, 2.45) is 0 Å². The standard InChI is InChI=1S/C15H16N6O2/c22-13(5-7-21-10-16-18-19-21)20-8-6-15(9-20)11-3-1-2-4-12(11)17-14(15)23/h1-4,10H,5-9H2,(H,17,23). The minimum atomic E-state index is -0.596. The van der Waals surface area contributed by atoms with Gasteiger partial charge in [-0.15, -0.1) is 5.10 Å². The van der Waals surface area contributed by atoms with Crippen LogP contribution in [-0.2, 0) is 21.5 Å². The first-order valence-electron chi connectivity index (χ1n) is 7.58. The SMILES string of the molecule is O=C(CCn1cnnn1)N1CCC2(C1)C(=O)Nc1ccccc12. The van der Waals surface area contributed by atoms with E-state index in [0.717, 1.165) is 11.3 Å². The average molecular weight is 312 g/mol. The molecule has 1 aromatic carbocycles. The highest BCUT2D eigenvalue weighted by Crippen LogP contribution is 2.44. The fraction of sp³-hybridized carbons (Fsp3) is 0.400. The zero-order chi connectivity index (χ0) is 15.9. The van der Waals surface area contributed by atoms with Crippen molar-refractivity contribution in [3.63, 3.8) is 0 Å². The maximum Gasteiger partial charge on any atom is 0.236 e. The van der Waals surface area contributed by atoms with E-state index in [0.29, 0.717) is 32.5 Å². The van der Waals surface area contributed by atoms with Crippen molar-refractivity contribution in [1.29, 1.82) is 0 Å². The lowest BCUT2D eigenvalue weighted by Crippen LogP contribution is -2.39. The van der Waals surface area contributed by atoms with Crippen LogP contribution in [0.2, 0.25) is 0 Å². The second kappa shape index (κ2) is 5.15. The van der Waals surface area contributed by atoms with Crippen LogP contribution >= 0.6 is 0 Å². The van der Waals surface area contributed by atoms with E-state index in [4.69, 9.17) is 0 Å². The Hall–Kier alpha value is -2.77. The Kier molecular flexibility index (Phi) is 3.10. The fourth-order valence-corrected chi connectivity index (χ4v) is 3.45. The highest BCUT2D eigenvalue weighted by Gasteiger charge is 2.51. The third-order valence-corrected chi connectivity index (χ3v) is 4.69. The van der Waals surface area contributed by atoms with Gasteiger partial charge in [0.05, 0.1) is 12.0 Å². The Morgan fingerprint density at radius 2 is 2.22 bits per heavy atom. The van der Waals surface area contributed by atoms with E-state index in [1.165, 1.54) is 11.0 Å². The molecule has 0 saturated carbocycles. The predicted molar refractivity (Wildman–Crippen MR) is 80.4 cm³/mol. The lowest BCUT2D eigenvalue weighted by molar-refractivity contribution is -0.130. The summed E-state index contributed by atoms with van der Waals surface area (Å²) in [5, 5.41) is 13.8. The van der Waals surface area contributed by atoms with Gasteiger partial charge in [-0.3, -0.25) is 9.59 Å². The average Bonchev–Trinajstić information content (AvgIpc) is 3.28. The van der Waals surface area contributed by atoms with Crippen molar-refractivity contribution in [3.8, 4) is 0 Å². The van der Waals surface area contributed by atoms with Crippen molar-refractivity contribution in [1.82, 2.24) is 25.1 Å². The first kappa shape index (κ1) is 13.9. The van der Waals surface area contributed by atoms with E-state index in [1.54, 1.807) is 4.90 Å². The van der Waals surface area contributed by atoms with Crippen LogP contribution < -0.4 is 5.32 Å². The van der Waals surface area contributed by atoms with E-state index in [-0.39, 0.29) is 11.8 Å². The number of carbonyl (C=O) groups is 2. The minimum absolute atomic E-state index is 0.00511. The van der Waals surface area contributed by atoms with Gasteiger partial charge in [-0.25, -0.2) is 4.68 Å². The quantitative estimate of drug-likeness (QED) is 0.873. The Balaban J connectivity index is 1.48. The van der Waals surface area contributed by atoms with E-state index >= 15 is 0 Å². The first-order chi connectivity index (χ1) is 11.2. The summed E-state index contributed by atoms with van der Waals surface area (Å²) < 4.78 is 1.53. The van der Waals surface area contributed by atoms with Gasteiger partial charge in [-0.1, -0.05) is 18.2 Å². The number of hydrogen-bond donors (Lipinski definition) is 1. The maximum atomic E-state index is 12.5. The summed E-state index contributed by atoms with van der Waals surface area (Å²) in [6.07, 6.45) is 2.47. The third kappa shape index (κ3) is 2.18. The molecule has 0 aliphatic carbocycles. The molecule has 2 amide bonds. The highest BCUT2D eigenvalue weighted by molar-refractivity contribution is 6.07. The van der Waals surface area contributed by atoms with Crippen molar-refractivity contribution in [2.45, 2.75) is 24.8 Å². The van der Waals surface area contributed by atoms with Crippen molar-refractivity contribution < 1.29 is 9.59 Å². The molecule has 8 nitrogen and oxygen atoms in total. The van der Waals surface area contributed by atoms with E-state index in [2.05, 4.69) is 20.8 Å². The number of tetrazole rings is 1. The fourth-order valence-electron chi connectivity index (χ4n) is 3.45. The number of fused-ring (bicyclic) bond motifs is 2. The summed E-state index contributed by atoms with van der Waals surface area (Å²) in [5.41, 5.74) is 1.27. The van der Waals surface area contributed by atoms with Gasteiger partial charge < -0.3 is 10.2 Å². The summed E-state index contributed by atoms with van der Waals surface area (Å²) in [7, 11) is 0. The molecule has 1 atom stereocenters. The van der Waals surface area contributed by atoms with Crippen LogP contribution in [0.15, 0.2) is 30.6 Å². The van der Waals surface area contributed by atoms with Crippen LogP contribution in [0, 0.1) is 0 Å². The number of anilines is 1. The second-order valence-electron chi connectivity index (χ2n) is 5.97. The van der Waals surface area contributed by atoms with Crippen LogP contribution in [0.3, 0.4) is 0 Å². The molecule has 1 unspecified atom stereocenters. The van der Waals surface area contributed by atoms with Gasteiger partial charge >= 0.3 is 0 Å². The van der Waals surface area contributed by atoms with Gasteiger partial charge in [0.15, 0.2) is 0 Å². The van der Waals surface area contributed by atoms with Crippen LogP contribution in [0.1, 0.15) is 18.4 Å². The molecule has 2 aliphatic rings. The summed E-state index contributed by atoms with van der Waals surface area (Å²) in [6, 6.07) is 7.72. The number of likely N-dealkylation sites (tertiary alicyclic amines) is 1. The number of hydrogen-bond acceptors (Lipinski definition) is 5. The van der Waals surface area contributed by atoms with Crippen LogP contribution in [0.4, 0.5) is 5.69 Å². The molecule has 2 aliphatic heterocycles. The lowest BCUT2D eigenvalue weighted by Gasteiger charge is -2.22. The molecule has 0 radical (unpaired) electrons. The molecular weight excluding hydrogens is 296 g/mol. The number of amides is 2. The molecule has 23 heavy (non-hydrogen) atoms. The van der Waals surface area contributed by atoms with Crippen LogP contribution in [-0.4, -0.2) is 50.0 Å². The Morgan fingerprint density at radius 3 is 3.04 bits per heavy atom. The highest BCUT2D eigenvalue weighted by atomic mass is 16.2. The Labute approximate surface area is 132 Å². The van der Waals surface area contributed by atoms with Crippen molar-refractivity contribution >= 4 is 17.5 Å². The molecule has 8 heteroatoms. The molecule has 1 N–H and O–H groups in total. The van der Waals surface area contributed by atoms with Crippen molar-refractivity contribution in [3.05, 3.63) is 36.2 Å². The van der Waals surface area contributed by atoms with Gasteiger partial charge in [-0.2, -0.15) is 0 Å². The normalized spacial score (nSPS) is 22.4. The molecule has 1 saturated heterocycles. The minimum Gasteiger partial charge on any atom is -0.341 e. The molecule has 118 valence electrons. The van der Waals surface area contributed by atoms with Crippen LogP contribution in [0.5, 0.6) is 0 Å². The molecule has 1 spiro atoms. The molecule has 1 aromatic heterocycles. The summed E-state index contributed by atoms with van der Waals surface area (Å²) in [6.45, 7) is 1.47. The van der Waals surface area contributed by atoms with Gasteiger partial charge in [-0.05, 0) is 28.5 Å². The van der Waals surface area contributed by atoms with Gasteiger partial charge in [0.1, 0.15) is 6.33 Å². The predicted octanol–water partition coefficient (Wildman–Crippen LogP) is 0.186. The smallest absolute Gasteiger partial charge is 0.236 e. The third-order valence-electron chi connectivity index (χ3n) is 4.69. The summed E-state index contributed by atoms with van der Waals surface area (Å²) in [4.78, 5) is 26.7. The summed E-state index contributed by atoms with van der Waals surface area (Å²) >= 11 is 0. The number of para-hydroxylation sites is 1. The number of nitrogens with zero attached hydrogens (tertiary/aromatic N) is 5. The molecule has 0 bridgehead atoms. The maximum absolute atomic E-state index is 12.5. The summed E-state index contributed by atoms with van der Waals surface area (Å²) in [5.74, 6) is 0.0176. The number of benzene rings is 1. The number of aromatic nitrogens is 4. The largest absolute Gasteiger partial charge is 0.341 e. The molecule has 2 aromatic rings. The van der Waals surface area contributed by atoms with Gasteiger partial charge in [0, 0.05) is 25.2 Å². The molecule has 1 fully saturated rings. The zero-order valence-corrected chi connectivity index (χ0v) is 12.5. The Bertz CT molecular complexity index is 759. The number of nitrogens with one attached hydrogen (secondary N) is 1. The number of carbonyl (C=O) groups excluding carboxylic acids is 2. The first-order valence-corrected chi connectivity index (χ1v) is 7.58. The van der Waals surface area contributed by atoms with E-state index in [1.807, 2.05) is 24.3 Å². The molecule has 4 rings (SSSR count).